The second-order valence-corrected chi connectivity index (χ2v) is 6.04. The predicted molar refractivity (Wildman–Crippen MR) is 75.5 cm³/mol. The smallest absolute Gasteiger partial charge is 0.123 e. The van der Waals surface area contributed by atoms with Gasteiger partial charge in [0.15, 0.2) is 0 Å². The fraction of sp³-hybridized carbons (Fsp3) is 0.333. The molecule has 0 saturated heterocycles. The highest BCUT2D eigenvalue weighted by molar-refractivity contribution is 7.10. The van der Waals surface area contributed by atoms with E-state index >= 15 is 0 Å². The first kappa shape index (κ1) is 13.2. The topological polar surface area (TPSA) is 12.0 Å². The van der Waals surface area contributed by atoms with Crippen LogP contribution in [0.2, 0.25) is 0 Å². The van der Waals surface area contributed by atoms with Gasteiger partial charge in [0, 0.05) is 23.4 Å². The number of halogens is 1. The first-order chi connectivity index (χ1) is 8.58. The molecule has 0 atom stereocenters. The van der Waals surface area contributed by atoms with E-state index in [1.165, 1.54) is 10.9 Å². The standard InChI is InChI=1S/C15H18FNS/c1-15(2,14-7-4-8-18-14)11-17-10-12-5-3-6-13(16)9-12/h3-9,17H,10-11H2,1-2H3. The van der Waals surface area contributed by atoms with Gasteiger partial charge in [0.05, 0.1) is 0 Å². The van der Waals surface area contributed by atoms with Gasteiger partial charge in [-0.05, 0) is 29.1 Å². The molecular weight excluding hydrogens is 245 g/mol. The molecule has 0 unspecified atom stereocenters. The molecule has 0 radical (unpaired) electrons. The highest BCUT2D eigenvalue weighted by Gasteiger charge is 2.20. The Labute approximate surface area is 112 Å². The number of nitrogens with one attached hydrogen (secondary N) is 1. The number of benzene rings is 1. The monoisotopic (exact) mass is 263 g/mol. The second-order valence-electron chi connectivity index (χ2n) is 5.09. The van der Waals surface area contributed by atoms with Gasteiger partial charge in [0.25, 0.3) is 0 Å². The van der Waals surface area contributed by atoms with E-state index in [0.717, 1.165) is 12.1 Å². The molecule has 3 heteroatoms. The van der Waals surface area contributed by atoms with E-state index in [4.69, 9.17) is 0 Å². The molecule has 1 aromatic carbocycles. The van der Waals surface area contributed by atoms with Crippen molar-refractivity contribution in [3.63, 3.8) is 0 Å². The summed E-state index contributed by atoms with van der Waals surface area (Å²) in [6.45, 7) is 6.02. The maximum Gasteiger partial charge on any atom is 0.123 e. The van der Waals surface area contributed by atoms with Crippen molar-refractivity contribution in [3.05, 3.63) is 58.0 Å². The fourth-order valence-corrected chi connectivity index (χ4v) is 2.77. The lowest BCUT2D eigenvalue weighted by Crippen LogP contribution is -2.31. The zero-order valence-electron chi connectivity index (χ0n) is 10.7. The lowest BCUT2D eigenvalue weighted by molar-refractivity contribution is 0.476. The van der Waals surface area contributed by atoms with E-state index in [0.29, 0.717) is 6.54 Å². The molecule has 0 saturated carbocycles. The Morgan fingerprint density at radius 2 is 2.06 bits per heavy atom. The Balaban J connectivity index is 1.89. The molecule has 2 aromatic rings. The van der Waals surface area contributed by atoms with Crippen LogP contribution in [0.15, 0.2) is 41.8 Å². The average molecular weight is 263 g/mol. The molecule has 1 heterocycles. The van der Waals surface area contributed by atoms with Crippen molar-refractivity contribution in [3.8, 4) is 0 Å². The molecular formula is C15H18FNS. The lowest BCUT2D eigenvalue weighted by Gasteiger charge is -2.23. The molecule has 0 aliphatic heterocycles. The fourth-order valence-electron chi connectivity index (χ4n) is 1.92. The van der Waals surface area contributed by atoms with Crippen molar-refractivity contribution in [1.82, 2.24) is 5.32 Å². The summed E-state index contributed by atoms with van der Waals surface area (Å²) in [7, 11) is 0. The molecule has 0 spiro atoms. The van der Waals surface area contributed by atoms with Crippen molar-refractivity contribution < 1.29 is 4.39 Å². The highest BCUT2D eigenvalue weighted by Crippen LogP contribution is 2.26. The molecule has 0 amide bonds. The Morgan fingerprint density at radius 1 is 1.22 bits per heavy atom. The summed E-state index contributed by atoms with van der Waals surface area (Å²) in [6, 6.07) is 11.0. The minimum Gasteiger partial charge on any atom is -0.312 e. The molecule has 2 rings (SSSR count). The van der Waals surface area contributed by atoms with E-state index in [1.807, 2.05) is 6.07 Å². The van der Waals surface area contributed by atoms with Gasteiger partial charge in [-0.3, -0.25) is 0 Å². The predicted octanol–water partition coefficient (Wildman–Crippen LogP) is 3.95. The molecule has 0 bridgehead atoms. The molecule has 96 valence electrons. The van der Waals surface area contributed by atoms with Gasteiger partial charge in [0.1, 0.15) is 5.82 Å². The normalized spacial score (nSPS) is 11.7. The van der Waals surface area contributed by atoms with Crippen LogP contribution in [0.25, 0.3) is 0 Å². The van der Waals surface area contributed by atoms with E-state index in [9.17, 15) is 4.39 Å². The van der Waals surface area contributed by atoms with Crippen LogP contribution in [0, 0.1) is 5.82 Å². The van der Waals surface area contributed by atoms with Crippen LogP contribution in [0.4, 0.5) is 4.39 Å². The van der Waals surface area contributed by atoms with Crippen LogP contribution in [0.1, 0.15) is 24.3 Å². The van der Waals surface area contributed by atoms with E-state index in [1.54, 1.807) is 23.5 Å². The first-order valence-corrected chi connectivity index (χ1v) is 6.95. The summed E-state index contributed by atoms with van der Waals surface area (Å²) in [5, 5.41) is 5.50. The summed E-state index contributed by atoms with van der Waals surface area (Å²) in [6.07, 6.45) is 0. The minimum absolute atomic E-state index is 0.113. The van der Waals surface area contributed by atoms with E-state index in [-0.39, 0.29) is 11.2 Å². The Hall–Kier alpha value is -1.19. The summed E-state index contributed by atoms with van der Waals surface area (Å²) >= 11 is 1.78. The van der Waals surface area contributed by atoms with Gasteiger partial charge < -0.3 is 5.32 Å². The molecule has 1 N–H and O–H groups in total. The van der Waals surface area contributed by atoms with Crippen molar-refractivity contribution >= 4 is 11.3 Å². The van der Waals surface area contributed by atoms with Gasteiger partial charge in [-0.2, -0.15) is 0 Å². The van der Waals surface area contributed by atoms with Crippen molar-refractivity contribution in [1.29, 1.82) is 0 Å². The molecule has 0 aliphatic carbocycles. The number of thiophene rings is 1. The summed E-state index contributed by atoms with van der Waals surface area (Å²) in [5.41, 5.74) is 1.10. The Morgan fingerprint density at radius 3 is 2.72 bits per heavy atom. The van der Waals surface area contributed by atoms with E-state index < -0.39 is 0 Å². The van der Waals surface area contributed by atoms with Crippen molar-refractivity contribution in [2.45, 2.75) is 25.8 Å². The van der Waals surface area contributed by atoms with Crippen LogP contribution in [-0.4, -0.2) is 6.54 Å². The maximum absolute atomic E-state index is 13.0. The number of hydrogen-bond acceptors (Lipinski definition) is 2. The summed E-state index contributed by atoms with van der Waals surface area (Å²) in [4.78, 5) is 1.37. The third-order valence-electron chi connectivity index (χ3n) is 2.97. The van der Waals surface area contributed by atoms with Gasteiger partial charge >= 0.3 is 0 Å². The van der Waals surface area contributed by atoms with Crippen LogP contribution in [0.3, 0.4) is 0 Å². The average Bonchev–Trinajstić information content (AvgIpc) is 2.83. The zero-order chi connectivity index (χ0) is 13.0. The molecule has 0 aliphatic rings. The number of rotatable bonds is 5. The van der Waals surface area contributed by atoms with Crippen LogP contribution >= 0.6 is 11.3 Å². The molecule has 1 nitrogen and oxygen atoms in total. The van der Waals surface area contributed by atoms with E-state index in [2.05, 4.69) is 36.7 Å². The Bertz CT molecular complexity index is 491. The quantitative estimate of drug-likeness (QED) is 0.861. The minimum atomic E-state index is -0.174. The van der Waals surface area contributed by atoms with Crippen LogP contribution in [0.5, 0.6) is 0 Å². The van der Waals surface area contributed by atoms with Gasteiger partial charge in [0.2, 0.25) is 0 Å². The van der Waals surface area contributed by atoms with Gasteiger partial charge in [-0.15, -0.1) is 11.3 Å². The third-order valence-corrected chi connectivity index (χ3v) is 4.21. The van der Waals surface area contributed by atoms with Crippen LogP contribution in [-0.2, 0) is 12.0 Å². The lowest BCUT2D eigenvalue weighted by atomic mass is 9.91. The summed E-state index contributed by atoms with van der Waals surface area (Å²) < 4.78 is 13.0. The first-order valence-electron chi connectivity index (χ1n) is 6.07. The Kier molecular flexibility index (Phi) is 4.15. The largest absolute Gasteiger partial charge is 0.312 e. The molecule has 18 heavy (non-hydrogen) atoms. The van der Waals surface area contributed by atoms with Crippen molar-refractivity contribution in [2.24, 2.45) is 0 Å². The zero-order valence-corrected chi connectivity index (χ0v) is 11.6. The summed E-state index contributed by atoms with van der Waals surface area (Å²) in [5.74, 6) is -0.174. The maximum atomic E-state index is 13.0. The second kappa shape index (κ2) is 5.63. The van der Waals surface area contributed by atoms with Crippen LogP contribution < -0.4 is 5.32 Å². The number of hydrogen-bond donors (Lipinski definition) is 1. The van der Waals surface area contributed by atoms with Gasteiger partial charge in [-0.25, -0.2) is 4.39 Å². The van der Waals surface area contributed by atoms with Crippen molar-refractivity contribution in [2.75, 3.05) is 6.54 Å². The SMILES string of the molecule is CC(C)(CNCc1cccc(F)c1)c1cccs1. The highest BCUT2D eigenvalue weighted by atomic mass is 32.1. The molecule has 0 fully saturated rings. The van der Waals surface area contributed by atoms with Gasteiger partial charge in [-0.1, -0.05) is 32.0 Å². The third kappa shape index (κ3) is 3.40. The molecule has 1 aromatic heterocycles.